The molecule has 0 heterocycles. The number of carbonyl (C=O) groups is 1. The third-order valence-electron chi connectivity index (χ3n) is 3.92. The molecule has 2 atom stereocenters. The standard InChI is InChI=1S/C18H20ClNO4S/c1-12-4-10-16(11-5-12)25(22,23)20-17(13(2)18(21)24-3)14-6-8-15(19)9-7-14/h4-11,13,17,20H,1-3H3. The van der Waals surface area contributed by atoms with Crippen molar-refractivity contribution in [1.82, 2.24) is 4.72 Å². The molecular weight excluding hydrogens is 362 g/mol. The van der Waals surface area contributed by atoms with Crippen molar-refractivity contribution in [3.63, 3.8) is 0 Å². The number of rotatable bonds is 6. The van der Waals surface area contributed by atoms with E-state index in [0.717, 1.165) is 5.56 Å². The predicted octanol–water partition coefficient (Wildman–Crippen LogP) is 3.48. The zero-order chi connectivity index (χ0) is 18.6. The van der Waals surface area contributed by atoms with Crippen LogP contribution in [0.25, 0.3) is 0 Å². The Labute approximate surface area is 153 Å². The van der Waals surface area contributed by atoms with Gasteiger partial charge in [0.1, 0.15) is 0 Å². The highest BCUT2D eigenvalue weighted by atomic mass is 35.5. The number of benzene rings is 2. The molecular formula is C18H20ClNO4S. The van der Waals surface area contributed by atoms with E-state index >= 15 is 0 Å². The maximum atomic E-state index is 12.7. The van der Waals surface area contributed by atoms with Gasteiger partial charge in [-0.3, -0.25) is 4.79 Å². The second-order valence-electron chi connectivity index (χ2n) is 5.78. The minimum absolute atomic E-state index is 0.133. The molecule has 0 bridgehead atoms. The van der Waals surface area contributed by atoms with Crippen LogP contribution in [-0.4, -0.2) is 21.5 Å². The lowest BCUT2D eigenvalue weighted by atomic mass is 9.95. The topological polar surface area (TPSA) is 72.5 Å². The second-order valence-corrected chi connectivity index (χ2v) is 7.93. The smallest absolute Gasteiger partial charge is 0.310 e. The first-order valence-corrected chi connectivity index (χ1v) is 9.53. The van der Waals surface area contributed by atoms with Crippen LogP contribution in [0.4, 0.5) is 0 Å². The Balaban J connectivity index is 2.39. The quantitative estimate of drug-likeness (QED) is 0.777. The van der Waals surface area contributed by atoms with Crippen LogP contribution < -0.4 is 4.72 Å². The van der Waals surface area contributed by atoms with Crippen molar-refractivity contribution in [3.8, 4) is 0 Å². The normalized spacial score (nSPS) is 13.9. The van der Waals surface area contributed by atoms with Gasteiger partial charge in [0.25, 0.3) is 0 Å². The monoisotopic (exact) mass is 381 g/mol. The van der Waals surface area contributed by atoms with Crippen molar-refractivity contribution < 1.29 is 17.9 Å². The van der Waals surface area contributed by atoms with Gasteiger partial charge in [0.05, 0.1) is 24.0 Å². The third-order valence-corrected chi connectivity index (χ3v) is 5.62. The summed E-state index contributed by atoms with van der Waals surface area (Å²) >= 11 is 5.90. The van der Waals surface area contributed by atoms with Crippen LogP contribution in [0, 0.1) is 12.8 Å². The van der Waals surface area contributed by atoms with Gasteiger partial charge in [0, 0.05) is 5.02 Å². The summed E-state index contributed by atoms with van der Waals surface area (Å²) in [5.41, 5.74) is 1.58. The minimum Gasteiger partial charge on any atom is -0.469 e. The molecule has 0 fully saturated rings. The maximum Gasteiger partial charge on any atom is 0.310 e. The second kappa shape index (κ2) is 7.99. The molecule has 2 rings (SSSR count). The fourth-order valence-electron chi connectivity index (χ4n) is 2.40. The van der Waals surface area contributed by atoms with E-state index in [9.17, 15) is 13.2 Å². The zero-order valence-corrected chi connectivity index (χ0v) is 15.8. The summed E-state index contributed by atoms with van der Waals surface area (Å²) in [4.78, 5) is 12.1. The Morgan fingerprint density at radius 2 is 1.64 bits per heavy atom. The number of ether oxygens (including phenoxy) is 1. The highest BCUT2D eigenvalue weighted by molar-refractivity contribution is 7.89. The Morgan fingerprint density at radius 3 is 2.16 bits per heavy atom. The van der Waals surface area contributed by atoms with Gasteiger partial charge in [0.2, 0.25) is 10.0 Å². The molecule has 0 radical (unpaired) electrons. The summed E-state index contributed by atoms with van der Waals surface area (Å²) in [5, 5.41) is 0.523. The van der Waals surface area contributed by atoms with Crippen LogP contribution in [-0.2, 0) is 19.6 Å². The van der Waals surface area contributed by atoms with Gasteiger partial charge >= 0.3 is 5.97 Å². The van der Waals surface area contributed by atoms with E-state index in [1.54, 1.807) is 43.3 Å². The van der Waals surface area contributed by atoms with Gasteiger partial charge in [-0.1, -0.05) is 48.4 Å². The Bertz CT molecular complexity index is 832. The zero-order valence-electron chi connectivity index (χ0n) is 14.2. The van der Waals surface area contributed by atoms with E-state index in [2.05, 4.69) is 4.72 Å². The van der Waals surface area contributed by atoms with Crippen molar-refractivity contribution >= 4 is 27.6 Å². The Kier molecular flexibility index (Phi) is 6.21. The van der Waals surface area contributed by atoms with Gasteiger partial charge in [-0.2, -0.15) is 0 Å². The van der Waals surface area contributed by atoms with Crippen molar-refractivity contribution in [2.24, 2.45) is 5.92 Å². The van der Waals surface area contributed by atoms with Crippen molar-refractivity contribution in [2.45, 2.75) is 24.8 Å². The number of aryl methyl sites for hydroxylation is 1. The SMILES string of the molecule is COC(=O)C(C)C(NS(=O)(=O)c1ccc(C)cc1)c1ccc(Cl)cc1. The van der Waals surface area contributed by atoms with Crippen LogP contribution in [0.15, 0.2) is 53.4 Å². The molecule has 0 saturated carbocycles. The number of sulfonamides is 1. The molecule has 2 aromatic carbocycles. The number of halogens is 1. The van der Waals surface area contributed by atoms with Crippen LogP contribution in [0.3, 0.4) is 0 Å². The van der Waals surface area contributed by atoms with Gasteiger partial charge in [-0.25, -0.2) is 13.1 Å². The summed E-state index contributed by atoms with van der Waals surface area (Å²) in [6.07, 6.45) is 0. The van der Waals surface area contributed by atoms with E-state index in [4.69, 9.17) is 16.3 Å². The molecule has 0 aromatic heterocycles. The molecule has 2 aromatic rings. The largest absolute Gasteiger partial charge is 0.469 e. The molecule has 0 aliphatic heterocycles. The molecule has 0 aliphatic rings. The molecule has 0 aliphatic carbocycles. The lowest BCUT2D eigenvalue weighted by Crippen LogP contribution is -2.36. The summed E-state index contributed by atoms with van der Waals surface area (Å²) < 4.78 is 32.8. The van der Waals surface area contributed by atoms with E-state index in [-0.39, 0.29) is 4.90 Å². The molecule has 0 spiro atoms. The molecule has 2 unspecified atom stereocenters. The van der Waals surface area contributed by atoms with Gasteiger partial charge < -0.3 is 4.74 Å². The van der Waals surface area contributed by atoms with Crippen LogP contribution >= 0.6 is 11.6 Å². The van der Waals surface area contributed by atoms with E-state index < -0.39 is 28.0 Å². The van der Waals surface area contributed by atoms with E-state index in [1.807, 2.05) is 6.92 Å². The van der Waals surface area contributed by atoms with Crippen molar-refractivity contribution in [2.75, 3.05) is 7.11 Å². The first-order valence-electron chi connectivity index (χ1n) is 7.67. The molecule has 1 N–H and O–H groups in total. The number of carbonyl (C=O) groups excluding carboxylic acids is 1. The van der Waals surface area contributed by atoms with Crippen LogP contribution in [0.2, 0.25) is 5.02 Å². The first-order chi connectivity index (χ1) is 11.7. The fraction of sp³-hybridized carbons (Fsp3) is 0.278. The van der Waals surface area contributed by atoms with Crippen molar-refractivity contribution in [3.05, 3.63) is 64.7 Å². The molecule has 5 nitrogen and oxygen atoms in total. The molecule has 25 heavy (non-hydrogen) atoms. The van der Waals surface area contributed by atoms with Gasteiger partial charge in [-0.05, 0) is 36.8 Å². The summed E-state index contributed by atoms with van der Waals surface area (Å²) in [5.74, 6) is -1.22. The number of hydrogen-bond donors (Lipinski definition) is 1. The highest BCUT2D eigenvalue weighted by Crippen LogP contribution is 2.27. The lowest BCUT2D eigenvalue weighted by Gasteiger charge is -2.24. The number of nitrogens with one attached hydrogen (secondary N) is 1. The average molecular weight is 382 g/mol. The maximum absolute atomic E-state index is 12.7. The third kappa shape index (κ3) is 4.81. The minimum atomic E-state index is -3.81. The summed E-state index contributed by atoms with van der Waals surface area (Å²) in [7, 11) is -2.54. The van der Waals surface area contributed by atoms with Crippen molar-refractivity contribution in [1.29, 1.82) is 0 Å². The average Bonchev–Trinajstić information content (AvgIpc) is 2.59. The number of hydrogen-bond acceptors (Lipinski definition) is 4. The number of methoxy groups -OCH3 is 1. The fourth-order valence-corrected chi connectivity index (χ4v) is 3.83. The van der Waals surface area contributed by atoms with E-state index in [0.29, 0.717) is 10.6 Å². The van der Waals surface area contributed by atoms with Gasteiger partial charge in [-0.15, -0.1) is 0 Å². The number of esters is 1. The van der Waals surface area contributed by atoms with E-state index in [1.165, 1.54) is 19.2 Å². The molecule has 7 heteroatoms. The van der Waals surface area contributed by atoms with Gasteiger partial charge in [0.15, 0.2) is 0 Å². The van der Waals surface area contributed by atoms with Crippen LogP contribution in [0.5, 0.6) is 0 Å². The Hall–Kier alpha value is -1.89. The highest BCUT2D eigenvalue weighted by Gasteiger charge is 2.30. The predicted molar refractivity (Wildman–Crippen MR) is 96.9 cm³/mol. The molecule has 0 saturated heterocycles. The molecule has 0 amide bonds. The first kappa shape index (κ1) is 19.4. The Morgan fingerprint density at radius 1 is 1.08 bits per heavy atom. The molecule has 134 valence electrons. The van der Waals surface area contributed by atoms with Crippen LogP contribution in [0.1, 0.15) is 24.1 Å². The summed E-state index contributed by atoms with van der Waals surface area (Å²) in [6, 6.07) is 12.4. The summed E-state index contributed by atoms with van der Waals surface area (Å²) in [6.45, 7) is 3.49. The lowest BCUT2D eigenvalue weighted by molar-refractivity contribution is -0.145.